The number of benzene rings is 2. The van der Waals surface area contributed by atoms with Gasteiger partial charge in [-0.05, 0) is 56.5 Å². The van der Waals surface area contributed by atoms with Crippen molar-refractivity contribution in [3.8, 4) is 0 Å². The van der Waals surface area contributed by atoms with Crippen LogP contribution in [-0.4, -0.2) is 33.7 Å². The fourth-order valence-electron chi connectivity index (χ4n) is 4.43. The van der Waals surface area contributed by atoms with Crippen LogP contribution < -0.4 is 5.32 Å². The monoisotopic (exact) mass is 480 g/mol. The predicted octanol–water partition coefficient (Wildman–Crippen LogP) is 4.76. The van der Waals surface area contributed by atoms with Gasteiger partial charge in [0.25, 0.3) is 0 Å². The topological polar surface area (TPSA) is 50.2 Å². The third-order valence-corrected chi connectivity index (χ3v) is 6.61. The number of hydrogen-bond acceptors (Lipinski definition) is 3. The zero-order chi connectivity index (χ0) is 21.8. The standard InChI is InChI=1S/C25H29BrN4O/c1-18-23(19(2)30(28-18)16-20-8-4-3-5-9-20)15-27-25(31)17-29-13-7-12-24(29)21-10-6-11-22(26)14-21/h3-6,8-11,14,24H,7,12-13,15-17H2,1-2H3,(H,27,31). The van der Waals surface area contributed by atoms with E-state index in [1.54, 1.807) is 0 Å². The molecule has 1 N–H and O–H groups in total. The minimum Gasteiger partial charge on any atom is -0.351 e. The predicted molar refractivity (Wildman–Crippen MR) is 127 cm³/mol. The summed E-state index contributed by atoms with van der Waals surface area (Å²) in [5.74, 6) is 0.0662. The van der Waals surface area contributed by atoms with Gasteiger partial charge in [0.2, 0.25) is 5.91 Å². The highest BCUT2D eigenvalue weighted by atomic mass is 79.9. The van der Waals surface area contributed by atoms with Crippen molar-refractivity contribution in [2.24, 2.45) is 0 Å². The van der Waals surface area contributed by atoms with E-state index in [-0.39, 0.29) is 5.91 Å². The maximum absolute atomic E-state index is 12.7. The van der Waals surface area contributed by atoms with Crippen LogP contribution in [0.4, 0.5) is 0 Å². The molecule has 0 spiro atoms. The van der Waals surface area contributed by atoms with E-state index in [0.717, 1.165) is 47.4 Å². The van der Waals surface area contributed by atoms with Gasteiger partial charge in [-0.15, -0.1) is 0 Å². The molecule has 1 aromatic heterocycles. The lowest BCUT2D eigenvalue weighted by atomic mass is 10.0. The lowest BCUT2D eigenvalue weighted by Gasteiger charge is -2.24. The Labute approximate surface area is 192 Å². The molecule has 1 aliphatic rings. The van der Waals surface area contributed by atoms with Crippen LogP contribution in [0.2, 0.25) is 0 Å². The van der Waals surface area contributed by atoms with Crippen LogP contribution >= 0.6 is 15.9 Å². The van der Waals surface area contributed by atoms with Crippen molar-refractivity contribution in [1.29, 1.82) is 0 Å². The first-order valence-electron chi connectivity index (χ1n) is 10.8. The summed E-state index contributed by atoms with van der Waals surface area (Å²) in [5, 5.41) is 7.82. The molecule has 1 amide bonds. The third-order valence-electron chi connectivity index (χ3n) is 6.11. The van der Waals surface area contributed by atoms with Crippen LogP contribution in [0.3, 0.4) is 0 Å². The first kappa shape index (κ1) is 21.8. The molecule has 162 valence electrons. The minimum atomic E-state index is 0.0662. The molecule has 3 aromatic rings. The molecule has 0 saturated carbocycles. The molecular weight excluding hydrogens is 452 g/mol. The van der Waals surface area contributed by atoms with Crippen LogP contribution in [0.15, 0.2) is 59.1 Å². The maximum Gasteiger partial charge on any atom is 0.234 e. The Kier molecular flexibility index (Phi) is 6.88. The summed E-state index contributed by atoms with van der Waals surface area (Å²) in [6.45, 7) is 6.73. The SMILES string of the molecule is Cc1nn(Cc2ccccc2)c(C)c1CNC(=O)CN1CCCC1c1cccc(Br)c1. The number of aryl methyl sites for hydroxylation is 1. The molecule has 0 aliphatic carbocycles. The number of rotatable bonds is 7. The Morgan fingerprint density at radius 1 is 1.16 bits per heavy atom. The Hall–Kier alpha value is -2.44. The van der Waals surface area contributed by atoms with Crippen LogP contribution in [0.1, 0.15) is 47.0 Å². The average molecular weight is 481 g/mol. The molecule has 1 atom stereocenters. The van der Waals surface area contributed by atoms with E-state index in [0.29, 0.717) is 19.1 Å². The van der Waals surface area contributed by atoms with E-state index >= 15 is 0 Å². The summed E-state index contributed by atoms with van der Waals surface area (Å²) < 4.78 is 3.11. The normalized spacial score (nSPS) is 16.5. The van der Waals surface area contributed by atoms with E-state index in [9.17, 15) is 4.79 Å². The van der Waals surface area contributed by atoms with Crippen LogP contribution in [0, 0.1) is 13.8 Å². The molecule has 1 aliphatic heterocycles. The molecule has 2 aromatic carbocycles. The van der Waals surface area contributed by atoms with Crippen molar-refractivity contribution in [2.75, 3.05) is 13.1 Å². The molecule has 0 bridgehead atoms. The van der Waals surface area contributed by atoms with E-state index in [1.807, 2.05) is 35.9 Å². The molecule has 2 heterocycles. The van der Waals surface area contributed by atoms with Gasteiger partial charge in [0.05, 0.1) is 18.8 Å². The maximum atomic E-state index is 12.7. The van der Waals surface area contributed by atoms with Crippen molar-refractivity contribution in [1.82, 2.24) is 20.0 Å². The number of likely N-dealkylation sites (tertiary alicyclic amines) is 1. The van der Waals surface area contributed by atoms with Crippen LogP contribution in [0.5, 0.6) is 0 Å². The van der Waals surface area contributed by atoms with Gasteiger partial charge in [0, 0.05) is 28.3 Å². The number of carbonyl (C=O) groups excluding carboxylic acids is 1. The van der Waals surface area contributed by atoms with Gasteiger partial charge in [-0.25, -0.2) is 0 Å². The second kappa shape index (κ2) is 9.79. The lowest BCUT2D eigenvalue weighted by molar-refractivity contribution is -0.122. The van der Waals surface area contributed by atoms with Crippen molar-refractivity contribution in [3.05, 3.63) is 87.1 Å². The molecule has 4 rings (SSSR count). The van der Waals surface area contributed by atoms with Crippen molar-refractivity contribution in [2.45, 2.75) is 45.8 Å². The van der Waals surface area contributed by atoms with Crippen LogP contribution in [0.25, 0.3) is 0 Å². The van der Waals surface area contributed by atoms with Crippen molar-refractivity contribution in [3.63, 3.8) is 0 Å². The summed E-state index contributed by atoms with van der Waals surface area (Å²) in [6, 6.07) is 19.0. The van der Waals surface area contributed by atoms with Gasteiger partial charge in [-0.3, -0.25) is 14.4 Å². The van der Waals surface area contributed by atoms with Gasteiger partial charge in [-0.2, -0.15) is 5.10 Å². The van der Waals surface area contributed by atoms with Gasteiger partial charge >= 0.3 is 0 Å². The number of carbonyl (C=O) groups is 1. The summed E-state index contributed by atoms with van der Waals surface area (Å²) in [7, 11) is 0. The van der Waals surface area contributed by atoms with Crippen LogP contribution in [-0.2, 0) is 17.9 Å². The molecule has 1 fully saturated rings. The van der Waals surface area contributed by atoms with Gasteiger partial charge < -0.3 is 5.32 Å². The van der Waals surface area contributed by atoms with Gasteiger partial charge in [0.15, 0.2) is 0 Å². The molecule has 1 saturated heterocycles. The average Bonchev–Trinajstić information content (AvgIpc) is 3.31. The van der Waals surface area contributed by atoms with Crippen molar-refractivity contribution < 1.29 is 4.79 Å². The van der Waals surface area contributed by atoms with E-state index < -0.39 is 0 Å². The Morgan fingerprint density at radius 3 is 2.74 bits per heavy atom. The fraction of sp³-hybridized carbons (Fsp3) is 0.360. The molecule has 31 heavy (non-hydrogen) atoms. The smallest absolute Gasteiger partial charge is 0.234 e. The first-order valence-corrected chi connectivity index (χ1v) is 11.6. The molecule has 1 unspecified atom stereocenters. The molecule has 6 heteroatoms. The number of amides is 1. The molecule has 0 radical (unpaired) electrons. The summed E-state index contributed by atoms with van der Waals surface area (Å²) in [5.41, 5.74) is 5.68. The number of aromatic nitrogens is 2. The highest BCUT2D eigenvalue weighted by Gasteiger charge is 2.27. The Bertz CT molecular complexity index is 1050. The van der Waals surface area contributed by atoms with E-state index in [1.165, 1.54) is 11.1 Å². The summed E-state index contributed by atoms with van der Waals surface area (Å²) in [4.78, 5) is 15.0. The second-order valence-electron chi connectivity index (χ2n) is 8.25. The zero-order valence-corrected chi connectivity index (χ0v) is 19.7. The van der Waals surface area contributed by atoms with E-state index in [2.05, 4.69) is 63.4 Å². The molecular formula is C25H29BrN4O. The summed E-state index contributed by atoms with van der Waals surface area (Å²) in [6.07, 6.45) is 2.21. The number of hydrogen-bond donors (Lipinski definition) is 1. The molecule has 5 nitrogen and oxygen atoms in total. The number of nitrogens with one attached hydrogen (secondary N) is 1. The highest BCUT2D eigenvalue weighted by molar-refractivity contribution is 9.10. The Balaban J connectivity index is 1.36. The Morgan fingerprint density at radius 2 is 1.97 bits per heavy atom. The number of nitrogens with zero attached hydrogens (tertiary/aromatic N) is 3. The summed E-state index contributed by atoms with van der Waals surface area (Å²) >= 11 is 3.56. The van der Waals surface area contributed by atoms with E-state index in [4.69, 9.17) is 5.10 Å². The lowest BCUT2D eigenvalue weighted by Crippen LogP contribution is -2.36. The van der Waals surface area contributed by atoms with Gasteiger partial charge in [-0.1, -0.05) is 58.4 Å². The quantitative estimate of drug-likeness (QED) is 0.529. The third kappa shape index (κ3) is 5.25. The number of halogens is 1. The van der Waals surface area contributed by atoms with Crippen molar-refractivity contribution >= 4 is 21.8 Å². The second-order valence-corrected chi connectivity index (χ2v) is 9.17. The van der Waals surface area contributed by atoms with Gasteiger partial charge in [0.1, 0.15) is 0 Å². The minimum absolute atomic E-state index is 0.0662. The fourth-order valence-corrected chi connectivity index (χ4v) is 4.85. The first-order chi connectivity index (χ1) is 15.0. The zero-order valence-electron chi connectivity index (χ0n) is 18.1. The largest absolute Gasteiger partial charge is 0.351 e. The highest BCUT2D eigenvalue weighted by Crippen LogP contribution is 2.32.